The van der Waals surface area contributed by atoms with E-state index in [1.807, 2.05) is 12.1 Å². The largest absolute Gasteiger partial charge is 0.388 e. The van der Waals surface area contributed by atoms with Crippen molar-refractivity contribution >= 4 is 29.0 Å². The van der Waals surface area contributed by atoms with Crippen LogP contribution >= 0.6 is 11.3 Å². The molecule has 1 saturated carbocycles. The smallest absolute Gasteiger partial charge is 0.314 e. The summed E-state index contributed by atoms with van der Waals surface area (Å²) in [6.07, 6.45) is 4.90. The van der Waals surface area contributed by atoms with E-state index in [1.54, 1.807) is 18.3 Å². The second-order valence-corrected chi connectivity index (χ2v) is 7.50. The van der Waals surface area contributed by atoms with Gasteiger partial charge in [0.05, 0.1) is 6.10 Å². The average molecular weight is 363 g/mol. The van der Waals surface area contributed by atoms with Crippen LogP contribution in [0.25, 0.3) is 0 Å². The molecule has 3 rings (SSSR count). The summed E-state index contributed by atoms with van der Waals surface area (Å²) in [5.74, 6) is -1.25. The molecule has 2 heterocycles. The lowest BCUT2D eigenvalue weighted by atomic mass is 9.84. The van der Waals surface area contributed by atoms with Crippen LogP contribution in [0.1, 0.15) is 48.5 Å². The van der Waals surface area contributed by atoms with Crippen LogP contribution in [0.4, 0.5) is 5.82 Å². The maximum Gasteiger partial charge on any atom is 0.314 e. The van der Waals surface area contributed by atoms with Gasteiger partial charge in [0.2, 0.25) is 0 Å². The third-order valence-corrected chi connectivity index (χ3v) is 6.10. The fourth-order valence-electron chi connectivity index (χ4n) is 3.20. The summed E-state index contributed by atoms with van der Waals surface area (Å²) in [6.45, 7) is 2.14. The van der Waals surface area contributed by atoms with Crippen molar-refractivity contribution in [1.82, 2.24) is 10.5 Å². The van der Waals surface area contributed by atoms with Crippen LogP contribution in [0, 0.1) is 0 Å². The third kappa shape index (κ3) is 3.91. The summed E-state index contributed by atoms with van der Waals surface area (Å²) in [7, 11) is 0. The number of nitrogens with zero attached hydrogens (tertiary/aromatic N) is 1. The highest BCUT2D eigenvalue weighted by Crippen LogP contribution is 2.44. The Balaban J connectivity index is 1.65. The number of hydrogen-bond donors (Lipinski definition) is 3. The van der Waals surface area contributed by atoms with Crippen LogP contribution in [0.3, 0.4) is 0 Å². The molecule has 1 aliphatic rings. The molecular weight excluding hydrogens is 342 g/mol. The quantitative estimate of drug-likeness (QED) is 0.708. The second-order valence-electron chi connectivity index (χ2n) is 6.39. The molecular formula is C17H21N3O4S. The number of aliphatic hydroxyl groups excluding tert-OH is 1. The normalized spacial score (nSPS) is 17.2. The van der Waals surface area contributed by atoms with Gasteiger partial charge in [-0.05, 0) is 31.9 Å². The van der Waals surface area contributed by atoms with Crippen molar-refractivity contribution in [1.29, 1.82) is 0 Å². The van der Waals surface area contributed by atoms with Gasteiger partial charge in [0.25, 0.3) is 0 Å². The summed E-state index contributed by atoms with van der Waals surface area (Å²) in [4.78, 5) is 26.1. The van der Waals surface area contributed by atoms with E-state index in [4.69, 9.17) is 0 Å². The number of anilines is 1. The molecule has 0 aliphatic heterocycles. The Morgan fingerprint density at radius 1 is 1.32 bits per heavy atom. The van der Waals surface area contributed by atoms with E-state index in [0.717, 1.165) is 35.4 Å². The van der Waals surface area contributed by atoms with E-state index in [-0.39, 0.29) is 11.2 Å². The Kier molecular flexibility index (Phi) is 5.19. The number of thiophene rings is 1. The molecule has 134 valence electrons. The number of carbonyl (C=O) groups excluding carboxylic acids is 2. The maximum absolute atomic E-state index is 12.1. The highest BCUT2D eigenvalue weighted by Gasteiger charge is 2.37. The molecule has 8 heteroatoms. The van der Waals surface area contributed by atoms with Gasteiger partial charge >= 0.3 is 11.8 Å². The van der Waals surface area contributed by atoms with Crippen LogP contribution in [0.15, 0.2) is 29.0 Å². The van der Waals surface area contributed by atoms with Crippen molar-refractivity contribution in [3.8, 4) is 0 Å². The molecule has 7 nitrogen and oxygen atoms in total. The molecule has 0 unspecified atom stereocenters. The lowest BCUT2D eigenvalue weighted by Crippen LogP contribution is -2.43. The first-order chi connectivity index (χ1) is 12.0. The second kappa shape index (κ2) is 7.37. The van der Waals surface area contributed by atoms with Crippen molar-refractivity contribution in [2.45, 2.75) is 44.1 Å². The Bertz CT molecular complexity index is 733. The molecule has 25 heavy (non-hydrogen) atoms. The predicted molar refractivity (Wildman–Crippen MR) is 93.2 cm³/mol. The molecule has 1 fully saturated rings. The van der Waals surface area contributed by atoms with Gasteiger partial charge in [-0.3, -0.25) is 14.9 Å². The van der Waals surface area contributed by atoms with Crippen molar-refractivity contribution < 1.29 is 19.2 Å². The molecule has 1 aliphatic carbocycles. The van der Waals surface area contributed by atoms with Gasteiger partial charge in [-0.2, -0.15) is 0 Å². The molecule has 2 aromatic heterocycles. The minimum atomic E-state index is -0.766. The molecule has 0 bridgehead atoms. The Labute approximate surface area is 149 Å². The van der Waals surface area contributed by atoms with Gasteiger partial charge in [-0.1, -0.05) is 18.0 Å². The molecule has 0 radical (unpaired) electrons. The van der Waals surface area contributed by atoms with Gasteiger partial charge in [0.1, 0.15) is 6.26 Å². The number of rotatable bonds is 5. The molecule has 2 amide bonds. The Morgan fingerprint density at radius 2 is 2.08 bits per heavy atom. The highest BCUT2D eigenvalue weighted by atomic mass is 32.1. The predicted octanol–water partition coefficient (Wildman–Crippen LogP) is 2.36. The first-order valence-electron chi connectivity index (χ1n) is 8.28. The summed E-state index contributed by atoms with van der Waals surface area (Å²) >= 11 is 1.58. The van der Waals surface area contributed by atoms with Crippen LogP contribution in [0.5, 0.6) is 0 Å². The first-order valence-corrected chi connectivity index (χ1v) is 9.10. The molecule has 0 saturated heterocycles. The average Bonchev–Trinajstić information content (AvgIpc) is 3.32. The summed E-state index contributed by atoms with van der Waals surface area (Å²) in [5.41, 5.74) is -0.165. The third-order valence-electron chi connectivity index (χ3n) is 4.59. The van der Waals surface area contributed by atoms with E-state index >= 15 is 0 Å². The van der Waals surface area contributed by atoms with E-state index in [2.05, 4.69) is 20.3 Å². The number of carbonyl (C=O) groups is 2. The van der Waals surface area contributed by atoms with E-state index in [9.17, 15) is 14.7 Å². The SMILES string of the molecule is C[C@H](O)c1ccc(C2(CNC(=O)C(=O)Nc3ccon3)CCCC2)s1. The van der Waals surface area contributed by atoms with Gasteiger partial charge in [0, 0.05) is 27.8 Å². The fraction of sp³-hybridized carbons (Fsp3) is 0.471. The number of hydrogen-bond acceptors (Lipinski definition) is 6. The van der Waals surface area contributed by atoms with Crippen molar-refractivity contribution in [2.24, 2.45) is 0 Å². The lowest BCUT2D eigenvalue weighted by molar-refractivity contribution is -0.136. The zero-order valence-electron chi connectivity index (χ0n) is 13.9. The highest BCUT2D eigenvalue weighted by molar-refractivity contribution is 7.12. The molecule has 1 atom stereocenters. The van der Waals surface area contributed by atoms with Crippen LogP contribution in [0.2, 0.25) is 0 Å². The van der Waals surface area contributed by atoms with Crippen molar-refractivity contribution in [2.75, 3.05) is 11.9 Å². The van der Waals surface area contributed by atoms with Gasteiger partial charge in [-0.15, -0.1) is 11.3 Å². The minimum Gasteiger partial charge on any atom is -0.388 e. The van der Waals surface area contributed by atoms with Gasteiger partial charge in [0.15, 0.2) is 5.82 Å². The van der Waals surface area contributed by atoms with Gasteiger partial charge in [-0.25, -0.2) is 0 Å². The zero-order chi connectivity index (χ0) is 17.9. The Morgan fingerprint density at radius 3 is 2.68 bits per heavy atom. The van der Waals surface area contributed by atoms with Gasteiger partial charge < -0.3 is 14.9 Å². The Hall–Kier alpha value is -2.19. The fourth-order valence-corrected chi connectivity index (χ4v) is 4.39. The van der Waals surface area contributed by atoms with E-state index in [1.165, 1.54) is 12.3 Å². The maximum atomic E-state index is 12.1. The minimum absolute atomic E-state index is 0.165. The summed E-state index contributed by atoms with van der Waals surface area (Å²) < 4.78 is 4.62. The lowest BCUT2D eigenvalue weighted by Gasteiger charge is -2.28. The van der Waals surface area contributed by atoms with E-state index in [0.29, 0.717) is 6.54 Å². The van der Waals surface area contributed by atoms with Crippen molar-refractivity contribution in [3.63, 3.8) is 0 Å². The summed E-state index contributed by atoms with van der Waals surface area (Å²) in [5, 5.41) is 18.4. The van der Waals surface area contributed by atoms with Crippen molar-refractivity contribution in [3.05, 3.63) is 34.2 Å². The molecule has 0 spiro atoms. The number of amides is 2. The molecule has 0 aromatic carbocycles. The number of nitrogens with one attached hydrogen (secondary N) is 2. The topological polar surface area (TPSA) is 104 Å². The monoisotopic (exact) mass is 363 g/mol. The summed E-state index contributed by atoms with van der Waals surface area (Å²) in [6, 6.07) is 5.43. The number of aliphatic hydroxyl groups is 1. The molecule has 3 N–H and O–H groups in total. The standard InChI is InChI=1S/C17H21N3O4S/c1-11(21)12-4-5-13(25-12)17(7-2-3-8-17)10-18-15(22)16(23)19-14-6-9-24-20-14/h4-6,9,11,21H,2-3,7-8,10H2,1H3,(H,18,22)(H,19,20,23)/t11-/m0/s1. The van der Waals surface area contributed by atoms with E-state index < -0.39 is 17.9 Å². The van der Waals surface area contributed by atoms with Crippen LogP contribution < -0.4 is 10.6 Å². The zero-order valence-corrected chi connectivity index (χ0v) is 14.8. The van der Waals surface area contributed by atoms with Crippen LogP contribution in [-0.4, -0.2) is 28.6 Å². The molecule has 2 aromatic rings. The first kappa shape index (κ1) is 17.6. The van der Waals surface area contributed by atoms with Crippen LogP contribution in [-0.2, 0) is 15.0 Å². The number of aromatic nitrogens is 1.